The van der Waals surface area contributed by atoms with Crippen LogP contribution in [0, 0.1) is 0 Å². The van der Waals surface area contributed by atoms with Gasteiger partial charge >= 0.3 is 0 Å². The second-order valence-corrected chi connectivity index (χ2v) is 4.62. The number of ether oxygens (including phenoxy) is 1. The minimum absolute atomic E-state index is 0.0703. The summed E-state index contributed by atoms with van der Waals surface area (Å²) in [5.74, 6) is 1.35. The number of hydrogen-bond donors (Lipinski definition) is 0. The van der Waals surface area contributed by atoms with Crippen molar-refractivity contribution in [3.63, 3.8) is 0 Å². The van der Waals surface area contributed by atoms with Gasteiger partial charge in [0.25, 0.3) is 0 Å². The van der Waals surface area contributed by atoms with Crippen molar-refractivity contribution in [2.24, 2.45) is 7.05 Å². The van der Waals surface area contributed by atoms with E-state index >= 15 is 0 Å². The highest BCUT2D eigenvalue weighted by molar-refractivity contribution is 6.29. The van der Waals surface area contributed by atoms with Crippen molar-refractivity contribution in [2.75, 3.05) is 0 Å². The van der Waals surface area contributed by atoms with Gasteiger partial charge in [-0.2, -0.15) is 0 Å². The topological polar surface area (TPSA) is 44.1 Å². The molecule has 0 aliphatic carbocycles. The van der Waals surface area contributed by atoms with Crippen LogP contribution >= 0.6 is 11.6 Å². The van der Waals surface area contributed by atoms with E-state index in [9.17, 15) is 4.79 Å². The zero-order valence-corrected chi connectivity index (χ0v) is 10.5. The number of carbonyl (C=O) groups is 1. The molecular formula is C13H11ClN2O2. The Morgan fingerprint density at radius 1 is 1.44 bits per heavy atom. The van der Waals surface area contributed by atoms with Crippen LogP contribution in [0.25, 0.3) is 0 Å². The summed E-state index contributed by atoms with van der Waals surface area (Å²) in [4.78, 5) is 16.2. The monoisotopic (exact) mass is 262 g/mol. The lowest BCUT2D eigenvalue weighted by atomic mass is 10.0. The number of Topliss-reactive ketones (excluding diaryl/α,β-unsaturated/α-hetero) is 1. The van der Waals surface area contributed by atoms with Gasteiger partial charge in [0.1, 0.15) is 10.9 Å². The van der Waals surface area contributed by atoms with Crippen molar-refractivity contribution in [2.45, 2.75) is 12.5 Å². The molecule has 4 nitrogen and oxygen atoms in total. The van der Waals surface area contributed by atoms with E-state index < -0.39 is 0 Å². The molecule has 0 saturated heterocycles. The predicted molar refractivity (Wildman–Crippen MR) is 67.0 cm³/mol. The average molecular weight is 263 g/mol. The van der Waals surface area contributed by atoms with Crippen LogP contribution in [0.15, 0.2) is 30.5 Å². The number of ketones is 1. The van der Waals surface area contributed by atoms with Gasteiger partial charge in [0.2, 0.25) is 0 Å². The molecule has 1 atom stereocenters. The Labute approximate surface area is 109 Å². The van der Waals surface area contributed by atoms with Crippen molar-refractivity contribution in [3.05, 3.63) is 47.0 Å². The molecule has 1 unspecified atom stereocenters. The van der Waals surface area contributed by atoms with Crippen LogP contribution in [-0.2, 0) is 7.05 Å². The molecule has 1 aromatic heterocycles. The van der Waals surface area contributed by atoms with E-state index in [-0.39, 0.29) is 18.3 Å². The number of para-hydroxylation sites is 1. The second-order valence-electron chi connectivity index (χ2n) is 4.23. The van der Waals surface area contributed by atoms with E-state index in [0.717, 1.165) is 0 Å². The van der Waals surface area contributed by atoms with Crippen LogP contribution in [0.4, 0.5) is 0 Å². The van der Waals surface area contributed by atoms with E-state index in [0.29, 0.717) is 22.3 Å². The maximum Gasteiger partial charge on any atom is 0.170 e. The lowest BCUT2D eigenvalue weighted by Gasteiger charge is -2.24. The van der Waals surface area contributed by atoms with Gasteiger partial charge in [-0.1, -0.05) is 23.7 Å². The minimum atomic E-state index is -0.370. The average Bonchev–Trinajstić information content (AvgIpc) is 2.70. The van der Waals surface area contributed by atoms with E-state index in [4.69, 9.17) is 16.3 Å². The van der Waals surface area contributed by atoms with E-state index in [1.165, 1.54) is 0 Å². The molecule has 0 amide bonds. The Balaban J connectivity index is 1.99. The van der Waals surface area contributed by atoms with Crippen molar-refractivity contribution >= 4 is 17.4 Å². The van der Waals surface area contributed by atoms with Crippen molar-refractivity contribution < 1.29 is 9.53 Å². The minimum Gasteiger partial charge on any atom is -0.481 e. The molecule has 2 aromatic rings. The number of imidazole rings is 1. The third-order valence-electron chi connectivity index (χ3n) is 3.08. The van der Waals surface area contributed by atoms with Gasteiger partial charge in [0.15, 0.2) is 17.7 Å². The quantitative estimate of drug-likeness (QED) is 0.794. The summed E-state index contributed by atoms with van der Waals surface area (Å²) in [5, 5.41) is 0.528. The smallest absolute Gasteiger partial charge is 0.170 e. The summed E-state index contributed by atoms with van der Waals surface area (Å²) in [5.41, 5.74) is 0.633. The molecule has 5 heteroatoms. The van der Waals surface area contributed by atoms with Crippen LogP contribution in [0.3, 0.4) is 0 Å². The van der Waals surface area contributed by atoms with Crippen LogP contribution < -0.4 is 4.74 Å². The number of fused-ring (bicyclic) bond motifs is 1. The lowest BCUT2D eigenvalue weighted by molar-refractivity contribution is 0.0835. The molecule has 0 N–H and O–H groups in total. The highest BCUT2D eigenvalue weighted by atomic mass is 35.5. The molecule has 0 fully saturated rings. The van der Waals surface area contributed by atoms with Crippen LogP contribution in [0.2, 0.25) is 5.15 Å². The zero-order valence-electron chi connectivity index (χ0n) is 9.76. The van der Waals surface area contributed by atoms with Crippen molar-refractivity contribution in [1.29, 1.82) is 0 Å². The third kappa shape index (κ3) is 1.69. The second kappa shape index (κ2) is 4.14. The third-order valence-corrected chi connectivity index (χ3v) is 3.43. The normalized spacial score (nSPS) is 18.3. The molecule has 1 aliphatic heterocycles. The molecule has 1 aromatic carbocycles. The van der Waals surface area contributed by atoms with Crippen molar-refractivity contribution in [3.8, 4) is 5.75 Å². The zero-order chi connectivity index (χ0) is 12.7. The number of hydrogen-bond acceptors (Lipinski definition) is 3. The first-order chi connectivity index (χ1) is 8.66. The number of carbonyl (C=O) groups excluding carboxylic acids is 1. The number of halogens is 1. The summed E-state index contributed by atoms with van der Waals surface area (Å²) in [6, 6.07) is 7.25. The Morgan fingerprint density at radius 2 is 2.22 bits per heavy atom. The van der Waals surface area contributed by atoms with Gasteiger partial charge < -0.3 is 9.30 Å². The summed E-state index contributed by atoms with van der Waals surface area (Å²) in [7, 11) is 1.80. The number of aromatic nitrogens is 2. The Bertz CT molecular complexity index is 621. The molecule has 0 saturated carbocycles. The summed E-state index contributed by atoms with van der Waals surface area (Å²) < 4.78 is 7.55. The molecule has 18 heavy (non-hydrogen) atoms. The first-order valence-electron chi connectivity index (χ1n) is 5.63. The van der Waals surface area contributed by atoms with E-state index in [1.807, 2.05) is 12.1 Å². The molecule has 3 rings (SSSR count). The van der Waals surface area contributed by atoms with Gasteiger partial charge in [0, 0.05) is 7.05 Å². The Morgan fingerprint density at radius 3 is 2.94 bits per heavy atom. The molecule has 0 radical (unpaired) electrons. The van der Waals surface area contributed by atoms with Gasteiger partial charge in [-0.3, -0.25) is 4.79 Å². The standard InChI is InChI=1S/C13H11ClN2O2/c1-16-12(14)7-15-13(16)11-6-9(17)8-4-2-3-5-10(8)18-11/h2-5,7,11H,6H2,1H3. The number of nitrogens with zero attached hydrogens (tertiary/aromatic N) is 2. The lowest BCUT2D eigenvalue weighted by Crippen LogP contribution is -2.22. The summed E-state index contributed by atoms with van der Waals surface area (Å²) in [6.45, 7) is 0. The summed E-state index contributed by atoms with van der Waals surface area (Å²) in [6.07, 6.45) is 1.48. The maximum absolute atomic E-state index is 12.0. The molecule has 92 valence electrons. The fourth-order valence-electron chi connectivity index (χ4n) is 2.12. The maximum atomic E-state index is 12.0. The molecular weight excluding hydrogens is 252 g/mol. The fourth-order valence-corrected chi connectivity index (χ4v) is 2.25. The van der Waals surface area contributed by atoms with Gasteiger partial charge in [-0.05, 0) is 12.1 Å². The summed E-state index contributed by atoms with van der Waals surface area (Å²) >= 11 is 5.95. The van der Waals surface area contributed by atoms with Crippen LogP contribution in [-0.4, -0.2) is 15.3 Å². The molecule has 2 heterocycles. The number of benzene rings is 1. The fraction of sp³-hybridized carbons (Fsp3) is 0.231. The van der Waals surface area contributed by atoms with Crippen LogP contribution in [0.5, 0.6) is 5.75 Å². The highest BCUT2D eigenvalue weighted by Gasteiger charge is 2.30. The van der Waals surface area contributed by atoms with Gasteiger partial charge in [-0.25, -0.2) is 4.98 Å². The largest absolute Gasteiger partial charge is 0.481 e. The SMILES string of the molecule is Cn1c(Cl)cnc1C1CC(=O)c2ccccc2O1. The predicted octanol–water partition coefficient (Wildman–Crippen LogP) is 2.78. The first-order valence-corrected chi connectivity index (χ1v) is 6.00. The molecule has 0 spiro atoms. The molecule has 1 aliphatic rings. The van der Waals surface area contributed by atoms with Crippen LogP contribution in [0.1, 0.15) is 28.7 Å². The Hall–Kier alpha value is -1.81. The first kappa shape index (κ1) is 11.3. The van der Waals surface area contributed by atoms with Gasteiger partial charge in [-0.15, -0.1) is 0 Å². The van der Waals surface area contributed by atoms with Gasteiger partial charge in [0.05, 0.1) is 18.2 Å². The Kier molecular flexibility index (Phi) is 2.59. The van der Waals surface area contributed by atoms with E-state index in [1.54, 1.807) is 29.9 Å². The van der Waals surface area contributed by atoms with E-state index in [2.05, 4.69) is 4.98 Å². The number of rotatable bonds is 1. The van der Waals surface area contributed by atoms with Crippen molar-refractivity contribution in [1.82, 2.24) is 9.55 Å². The highest BCUT2D eigenvalue weighted by Crippen LogP contribution is 2.34. The molecule has 0 bridgehead atoms.